The second kappa shape index (κ2) is 8.76. The Kier molecular flexibility index (Phi) is 7.40. The number of Topliss-reactive ketones (excluding diaryl/α,β-unsaturated/α-hetero) is 1. The van der Waals surface area contributed by atoms with Crippen LogP contribution in [0, 0.1) is 16.7 Å². The van der Waals surface area contributed by atoms with E-state index in [-0.39, 0.29) is 40.0 Å². The molecular weight excluding hydrogens is 354 g/mol. The number of amides is 2. The monoisotopic (exact) mass is 389 g/mol. The molecule has 156 valence electrons. The van der Waals surface area contributed by atoms with Gasteiger partial charge in [-0.3, -0.25) is 14.4 Å². The molecule has 0 aliphatic heterocycles. The van der Waals surface area contributed by atoms with Crippen molar-refractivity contribution in [2.75, 3.05) is 16.4 Å². The van der Waals surface area contributed by atoms with Crippen LogP contribution in [0.1, 0.15) is 78.6 Å². The van der Waals surface area contributed by atoms with Gasteiger partial charge in [0.05, 0.1) is 17.1 Å². The molecule has 1 rings (SSSR count). The zero-order valence-electron chi connectivity index (χ0n) is 18.4. The maximum absolute atomic E-state index is 12.5. The van der Waals surface area contributed by atoms with Crippen molar-refractivity contribution in [1.82, 2.24) is 0 Å². The van der Waals surface area contributed by atoms with Gasteiger partial charge < -0.3 is 16.4 Å². The molecule has 1 aromatic carbocycles. The van der Waals surface area contributed by atoms with Crippen molar-refractivity contribution in [2.45, 2.75) is 68.2 Å². The van der Waals surface area contributed by atoms with Gasteiger partial charge in [-0.15, -0.1) is 0 Å². The molecule has 6 nitrogen and oxygen atoms in total. The third-order valence-corrected chi connectivity index (χ3v) is 3.90. The first kappa shape index (κ1) is 23.7. The van der Waals surface area contributed by atoms with Crippen LogP contribution < -0.4 is 16.4 Å². The minimum Gasteiger partial charge on any atom is -0.397 e. The number of carbonyl (C=O) groups is 3. The summed E-state index contributed by atoms with van der Waals surface area (Å²) < 4.78 is 0. The van der Waals surface area contributed by atoms with Crippen LogP contribution in [0.5, 0.6) is 0 Å². The van der Waals surface area contributed by atoms with E-state index in [1.807, 2.05) is 41.5 Å². The Hall–Kier alpha value is -2.37. The molecule has 2 amide bonds. The summed E-state index contributed by atoms with van der Waals surface area (Å²) in [5.41, 5.74) is 7.10. The van der Waals surface area contributed by atoms with Crippen molar-refractivity contribution in [3.8, 4) is 0 Å². The quantitative estimate of drug-likeness (QED) is 0.478. The van der Waals surface area contributed by atoms with Gasteiger partial charge in [-0.05, 0) is 23.0 Å². The largest absolute Gasteiger partial charge is 0.397 e. The van der Waals surface area contributed by atoms with Crippen molar-refractivity contribution in [3.05, 3.63) is 17.7 Å². The molecule has 0 radical (unpaired) electrons. The molecule has 6 heteroatoms. The molecular formula is C22H35N3O3. The van der Waals surface area contributed by atoms with Crippen LogP contribution in [0.25, 0.3) is 0 Å². The highest BCUT2D eigenvalue weighted by Gasteiger charge is 2.22. The molecule has 0 atom stereocenters. The lowest BCUT2D eigenvalue weighted by atomic mass is 9.91. The summed E-state index contributed by atoms with van der Waals surface area (Å²) in [7, 11) is 0. The Morgan fingerprint density at radius 3 is 1.79 bits per heavy atom. The molecule has 0 saturated carbocycles. The van der Waals surface area contributed by atoms with Crippen LogP contribution >= 0.6 is 0 Å². The number of hydrogen-bond donors (Lipinski definition) is 3. The van der Waals surface area contributed by atoms with Gasteiger partial charge >= 0.3 is 0 Å². The Morgan fingerprint density at radius 2 is 1.36 bits per heavy atom. The maximum Gasteiger partial charge on any atom is 0.225 e. The number of ketones is 1. The molecule has 4 N–H and O–H groups in total. The molecule has 0 fully saturated rings. The molecule has 1 aromatic rings. The molecule has 0 aromatic heterocycles. The van der Waals surface area contributed by atoms with Crippen molar-refractivity contribution in [1.29, 1.82) is 0 Å². The highest BCUT2D eigenvalue weighted by molar-refractivity contribution is 6.07. The molecule has 0 aliphatic carbocycles. The standard InChI is InChI=1S/C22H35N3O3/c1-13(2)20(28)14-9-15(23)19(25-18(27)12-22(6,7)8)16(10-14)24-17(26)11-21(3,4)5/h9-10,13H,11-12,23H2,1-8H3,(H,24,26)(H,25,27). The zero-order chi connectivity index (χ0) is 21.9. The minimum atomic E-state index is -0.209. The van der Waals surface area contributed by atoms with Gasteiger partial charge in [-0.1, -0.05) is 55.4 Å². The topological polar surface area (TPSA) is 101 Å². The van der Waals surface area contributed by atoms with E-state index in [1.165, 1.54) is 0 Å². The van der Waals surface area contributed by atoms with Crippen LogP contribution in [-0.4, -0.2) is 17.6 Å². The number of nitrogens with one attached hydrogen (secondary N) is 2. The Labute approximate surface area is 168 Å². The van der Waals surface area contributed by atoms with Crippen LogP contribution in [-0.2, 0) is 9.59 Å². The highest BCUT2D eigenvalue weighted by Crippen LogP contribution is 2.33. The fourth-order valence-corrected chi connectivity index (χ4v) is 2.72. The summed E-state index contributed by atoms with van der Waals surface area (Å²) >= 11 is 0. The number of anilines is 3. The van der Waals surface area contributed by atoms with Gasteiger partial charge in [0.25, 0.3) is 0 Å². The van der Waals surface area contributed by atoms with Crippen molar-refractivity contribution < 1.29 is 14.4 Å². The van der Waals surface area contributed by atoms with Crippen LogP contribution in [0.2, 0.25) is 0 Å². The molecule has 0 heterocycles. The predicted octanol–water partition coefficient (Wildman–Crippen LogP) is 4.86. The molecule has 0 aliphatic rings. The number of benzene rings is 1. The number of carbonyl (C=O) groups excluding carboxylic acids is 3. The first-order valence-electron chi connectivity index (χ1n) is 9.66. The van der Waals surface area contributed by atoms with E-state index >= 15 is 0 Å². The van der Waals surface area contributed by atoms with Gasteiger partial charge in [-0.25, -0.2) is 0 Å². The number of rotatable bonds is 6. The van der Waals surface area contributed by atoms with Gasteiger partial charge in [0, 0.05) is 24.3 Å². The minimum absolute atomic E-state index is 0.0782. The second-order valence-electron chi connectivity index (χ2n) is 10.1. The average molecular weight is 390 g/mol. The summed E-state index contributed by atoms with van der Waals surface area (Å²) in [6.45, 7) is 15.4. The van der Waals surface area contributed by atoms with Crippen molar-refractivity contribution in [2.24, 2.45) is 16.7 Å². The second-order valence-corrected chi connectivity index (χ2v) is 10.1. The van der Waals surface area contributed by atoms with Crippen LogP contribution in [0.15, 0.2) is 12.1 Å². The van der Waals surface area contributed by atoms with E-state index < -0.39 is 0 Å². The number of hydrogen-bond acceptors (Lipinski definition) is 4. The smallest absolute Gasteiger partial charge is 0.225 e. The van der Waals surface area contributed by atoms with E-state index in [1.54, 1.807) is 26.0 Å². The molecule has 0 spiro atoms. The summed E-state index contributed by atoms with van der Waals surface area (Å²) in [5.74, 6) is -0.690. The fourth-order valence-electron chi connectivity index (χ4n) is 2.72. The fraction of sp³-hybridized carbons (Fsp3) is 0.591. The predicted molar refractivity (Wildman–Crippen MR) is 115 cm³/mol. The number of nitrogen functional groups attached to an aromatic ring is 1. The van der Waals surface area contributed by atoms with E-state index in [9.17, 15) is 14.4 Å². The van der Waals surface area contributed by atoms with Crippen molar-refractivity contribution >= 4 is 34.7 Å². The molecule has 0 bridgehead atoms. The Bertz CT molecular complexity index is 754. The average Bonchev–Trinajstić information content (AvgIpc) is 2.45. The SMILES string of the molecule is CC(C)C(=O)c1cc(N)c(NC(=O)CC(C)(C)C)c(NC(=O)CC(C)(C)C)c1. The van der Waals surface area contributed by atoms with Gasteiger partial charge in [0.2, 0.25) is 11.8 Å². The highest BCUT2D eigenvalue weighted by atomic mass is 16.2. The lowest BCUT2D eigenvalue weighted by molar-refractivity contribution is -0.118. The lowest BCUT2D eigenvalue weighted by Crippen LogP contribution is -2.24. The van der Waals surface area contributed by atoms with Gasteiger partial charge in [0.1, 0.15) is 0 Å². The summed E-state index contributed by atoms with van der Waals surface area (Å²) in [6.07, 6.45) is 0.596. The van der Waals surface area contributed by atoms with E-state index in [2.05, 4.69) is 10.6 Å². The van der Waals surface area contributed by atoms with Crippen LogP contribution in [0.4, 0.5) is 17.1 Å². The number of nitrogens with two attached hydrogens (primary N) is 1. The summed E-state index contributed by atoms with van der Waals surface area (Å²) in [4.78, 5) is 37.3. The first-order chi connectivity index (χ1) is 12.6. The molecule has 0 saturated heterocycles. The maximum atomic E-state index is 12.5. The normalized spacial score (nSPS) is 12.0. The third-order valence-electron chi connectivity index (χ3n) is 3.90. The van der Waals surface area contributed by atoms with E-state index in [0.29, 0.717) is 29.8 Å². The summed E-state index contributed by atoms with van der Waals surface area (Å²) in [5, 5.41) is 5.63. The van der Waals surface area contributed by atoms with E-state index in [4.69, 9.17) is 5.73 Å². The zero-order valence-corrected chi connectivity index (χ0v) is 18.4. The van der Waals surface area contributed by atoms with Gasteiger partial charge in [-0.2, -0.15) is 0 Å². The van der Waals surface area contributed by atoms with E-state index in [0.717, 1.165) is 0 Å². The first-order valence-corrected chi connectivity index (χ1v) is 9.66. The molecule has 0 unspecified atom stereocenters. The Balaban J connectivity index is 3.30. The summed E-state index contributed by atoms with van der Waals surface area (Å²) in [6, 6.07) is 3.14. The Morgan fingerprint density at radius 1 is 0.893 bits per heavy atom. The van der Waals surface area contributed by atoms with Gasteiger partial charge in [0.15, 0.2) is 5.78 Å². The molecule has 28 heavy (non-hydrogen) atoms. The lowest BCUT2D eigenvalue weighted by Gasteiger charge is -2.22. The van der Waals surface area contributed by atoms with Crippen LogP contribution in [0.3, 0.4) is 0 Å². The van der Waals surface area contributed by atoms with Crippen molar-refractivity contribution in [3.63, 3.8) is 0 Å². The third kappa shape index (κ3) is 7.71.